The summed E-state index contributed by atoms with van der Waals surface area (Å²) in [7, 11) is -3.71. The van der Waals surface area contributed by atoms with Crippen molar-refractivity contribution in [3.63, 3.8) is 0 Å². The number of aromatic nitrogens is 2. The number of para-hydroxylation sites is 1. The van der Waals surface area contributed by atoms with E-state index in [-0.39, 0.29) is 16.9 Å². The summed E-state index contributed by atoms with van der Waals surface area (Å²) in [5, 5.41) is 7.82. The van der Waals surface area contributed by atoms with Crippen molar-refractivity contribution in [2.24, 2.45) is 0 Å². The number of hydrogen-bond donors (Lipinski definition) is 0. The number of furan rings is 1. The van der Waals surface area contributed by atoms with Gasteiger partial charge in [-0.3, -0.25) is 0 Å². The first-order valence-corrected chi connectivity index (χ1v) is 10.6. The fourth-order valence-electron chi connectivity index (χ4n) is 3.10. The van der Waals surface area contributed by atoms with Crippen molar-refractivity contribution in [2.45, 2.75) is 24.9 Å². The smallest absolute Gasteiger partial charge is 0.276 e. The van der Waals surface area contributed by atoms with Gasteiger partial charge in [-0.05, 0) is 12.1 Å². The Hall–Kier alpha value is -2.65. The molecule has 1 saturated heterocycles. The number of piperazine rings is 1. The van der Waals surface area contributed by atoms with Gasteiger partial charge in [0.15, 0.2) is 0 Å². The molecule has 0 N–H and O–H groups in total. The highest BCUT2D eigenvalue weighted by atomic mass is 32.2. The van der Waals surface area contributed by atoms with Gasteiger partial charge in [0.1, 0.15) is 6.26 Å². The molecule has 1 aliphatic heterocycles. The maximum atomic E-state index is 12.9. The Balaban J connectivity index is 1.48. The Morgan fingerprint density at radius 2 is 1.75 bits per heavy atom. The van der Waals surface area contributed by atoms with Crippen molar-refractivity contribution in [3.05, 3.63) is 48.6 Å². The molecule has 0 aliphatic carbocycles. The summed E-state index contributed by atoms with van der Waals surface area (Å²) < 4.78 is 38.2. The monoisotopic (exact) mass is 402 g/mol. The number of sulfonamides is 1. The highest BCUT2D eigenvalue weighted by Gasteiger charge is 2.31. The molecule has 0 saturated carbocycles. The predicted molar refractivity (Wildman–Crippen MR) is 104 cm³/mol. The lowest BCUT2D eigenvalue weighted by molar-refractivity contribution is 0.362. The molecule has 1 aromatic carbocycles. The van der Waals surface area contributed by atoms with Crippen LogP contribution in [0.1, 0.15) is 25.7 Å². The average Bonchev–Trinajstić information content (AvgIpc) is 3.39. The zero-order valence-electron chi connectivity index (χ0n) is 15.8. The van der Waals surface area contributed by atoms with Crippen LogP contribution in [0, 0.1) is 0 Å². The van der Waals surface area contributed by atoms with Gasteiger partial charge in [0, 0.05) is 43.9 Å². The van der Waals surface area contributed by atoms with Gasteiger partial charge in [0.05, 0.1) is 5.56 Å². The lowest BCUT2D eigenvalue weighted by Crippen LogP contribution is -2.48. The van der Waals surface area contributed by atoms with Gasteiger partial charge in [-0.2, -0.15) is 4.31 Å². The molecule has 1 fully saturated rings. The Labute approximate surface area is 163 Å². The molecule has 1 aliphatic rings. The summed E-state index contributed by atoms with van der Waals surface area (Å²) in [4.78, 5) is 2.17. The first-order chi connectivity index (χ1) is 13.4. The SMILES string of the molecule is CC(C)c1nnc(-c2coc(S(=O)(=O)N3CCN(c4ccccc4)CC3)c2)o1. The van der Waals surface area contributed by atoms with Crippen LogP contribution >= 0.6 is 0 Å². The molecule has 28 heavy (non-hydrogen) atoms. The minimum atomic E-state index is -3.71. The molecule has 2 aromatic heterocycles. The van der Waals surface area contributed by atoms with Crippen molar-refractivity contribution >= 4 is 15.7 Å². The fraction of sp³-hybridized carbons (Fsp3) is 0.368. The van der Waals surface area contributed by atoms with Crippen LogP contribution in [0.25, 0.3) is 11.5 Å². The van der Waals surface area contributed by atoms with Crippen molar-refractivity contribution in [1.29, 1.82) is 0 Å². The summed E-state index contributed by atoms with van der Waals surface area (Å²) in [5.74, 6) is 0.845. The Morgan fingerprint density at radius 1 is 1.04 bits per heavy atom. The largest absolute Gasteiger partial charge is 0.451 e. The first-order valence-electron chi connectivity index (χ1n) is 9.17. The fourth-order valence-corrected chi connectivity index (χ4v) is 4.45. The van der Waals surface area contributed by atoms with Crippen LogP contribution in [0.4, 0.5) is 5.69 Å². The van der Waals surface area contributed by atoms with Crippen LogP contribution < -0.4 is 4.90 Å². The van der Waals surface area contributed by atoms with E-state index in [1.54, 1.807) is 0 Å². The van der Waals surface area contributed by atoms with Gasteiger partial charge in [-0.1, -0.05) is 32.0 Å². The molecule has 0 unspecified atom stereocenters. The van der Waals surface area contributed by atoms with E-state index >= 15 is 0 Å². The topological polar surface area (TPSA) is 92.7 Å². The Bertz CT molecular complexity index is 1030. The Morgan fingerprint density at radius 3 is 2.39 bits per heavy atom. The number of anilines is 1. The third kappa shape index (κ3) is 3.55. The molecule has 8 nitrogen and oxygen atoms in total. The number of nitrogens with zero attached hydrogens (tertiary/aromatic N) is 4. The summed E-state index contributed by atoms with van der Waals surface area (Å²) in [5.41, 5.74) is 1.55. The molecule has 3 aromatic rings. The van der Waals surface area contributed by atoms with E-state index in [0.717, 1.165) is 5.69 Å². The van der Waals surface area contributed by atoms with Crippen LogP contribution in [0.5, 0.6) is 0 Å². The van der Waals surface area contributed by atoms with Gasteiger partial charge in [0.25, 0.3) is 15.9 Å². The average molecular weight is 402 g/mol. The predicted octanol–water partition coefficient (Wildman–Crippen LogP) is 2.96. The van der Waals surface area contributed by atoms with E-state index in [9.17, 15) is 8.42 Å². The van der Waals surface area contributed by atoms with Crippen LogP contribution in [-0.2, 0) is 10.0 Å². The maximum absolute atomic E-state index is 12.9. The van der Waals surface area contributed by atoms with Crippen molar-refractivity contribution in [2.75, 3.05) is 31.1 Å². The first kappa shape index (κ1) is 18.7. The van der Waals surface area contributed by atoms with E-state index < -0.39 is 10.0 Å². The molecule has 148 valence electrons. The highest BCUT2D eigenvalue weighted by Crippen LogP contribution is 2.28. The summed E-state index contributed by atoms with van der Waals surface area (Å²) in [6.07, 6.45) is 1.34. The van der Waals surface area contributed by atoms with E-state index in [1.807, 2.05) is 44.2 Å². The third-order valence-electron chi connectivity index (χ3n) is 4.71. The minimum Gasteiger partial charge on any atom is -0.451 e. The molecule has 3 heterocycles. The molecular weight excluding hydrogens is 380 g/mol. The van der Waals surface area contributed by atoms with Gasteiger partial charge in [-0.25, -0.2) is 8.42 Å². The van der Waals surface area contributed by atoms with Crippen molar-refractivity contribution in [3.8, 4) is 11.5 Å². The second-order valence-corrected chi connectivity index (χ2v) is 8.85. The van der Waals surface area contributed by atoms with Crippen molar-refractivity contribution < 1.29 is 17.3 Å². The Kier molecular flexibility index (Phi) is 4.94. The van der Waals surface area contributed by atoms with E-state index in [1.165, 1.54) is 16.6 Å². The second-order valence-electron chi connectivity index (χ2n) is 6.98. The molecule has 9 heteroatoms. The molecule has 0 spiro atoms. The zero-order chi connectivity index (χ0) is 19.7. The maximum Gasteiger partial charge on any atom is 0.276 e. The number of hydrogen-bond acceptors (Lipinski definition) is 7. The number of rotatable bonds is 5. The van der Waals surface area contributed by atoms with Gasteiger partial charge >= 0.3 is 0 Å². The van der Waals surface area contributed by atoms with Crippen LogP contribution in [0.2, 0.25) is 0 Å². The third-order valence-corrected chi connectivity index (χ3v) is 6.48. The molecule has 4 rings (SSSR count). The highest BCUT2D eigenvalue weighted by molar-refractivity contribution is 7.89. The summed E-state index contributed by atoms with van der Waals surface area (Å²) in [6.45, 7) is 5.92. The van der Waals surface area contributed by atoms with E-state index in [2.05, 4.69) is 15.1 Å². The van der Waals surface area contributed by atoms with E-state index in [0.29, 0.717) is 37.6 Å². The second kappa shape index (κ2) is 7.40. The van der Waals surface area contributed by atoms with Gasteiger partial charge < -0.3 is 13.7 Å². The summed E-state index contributed by atoms with van der Waals surface area (Å²) >= 11 is 0. The van der Waals surface area contributed by atoms with Crippen LogP contribution in [-0.4, -0.2) is 49.1 Å². The summed E-state index contributed by atoms with van der Waals surface area (Å²) in [6, 6.07) is 11.4. The van der Waals surface area contributed by atoms with Crippen LogP contribution in [0.3, 0.4) is 0 Å². The quantitative estimate of drug-likeness (QED) is 0.648. The molecule has 0 radical (unpaired) electrons. The molecular formula is C19H22N4O4S. The van der Waals surface area contributed by atoms with Crippen molar-refractivity contribution in [1.82, 2.24) is 14.5 Å². The molecule has 0 bridgehead atoms. The number of benzene rings is 1. The van der Waals surface area contributed by atoms with E-state index in [4.69, 9.17) is 8.83 Å². The normalized spacial score (nSPS) is 16.0. The minimum absolute atomic E-state index is 0.0947. The van der Waals surface area contributed by atoms with Crippen LogP contribution in [0.15, 0.2) is 56.6 Å². The van der Waals surface area contributed by atoms with Gasteiger partial charge in [0.2, 0.25) is 11.0 Å². The lowest BCUT2D eigenvalue weighted by atomic mass is 10.2. The van der Waals surface area contributed by atoms with Gasteiger partial charge in [-0.15, -0.1) is 10.2 Å². The standard InChI is InChI=1S/C19H22N4O4S/c1-14(2)18-20-21-19(27-18)15-12-17(26-13-15)28(24,25)23-10-8-22(9-11-23)16-6-4-3-5-7-16/h3-7,12-14H,8-11H2,1-2H3. The molecule has 0 amide bonds. The zero-order valence-corrected chi connectivity index (χ0v) is 16.6. The molecule has 0 atom stereocenters. The lowest BCUT2D eigenvalue weighted by Gasteiger charge is -2.34.